The van der Waals surface area contributed by atoms with E-state index in [1.807, 2.05) is 30.3 Å². The van der Waals surface area contributed by atoms with Gasteiger partial charge in [-0.3, -0.25) is 18.7 Å². The number of nitrogens with one attached hydrogen (secondary N) is 1. The van der Waals surface area contributed by atoms with Crippen molar-refractivity contribution < 1.29 is 9.69 Å². The number of aromatic nitrogens is 2. The molecule has 1 aromatic heterocycles. The average molecular weight is 371 g/mol. The lowest BCUT2D eigenvalue weighted by molar-refractivity contribution is -0.896. The zero-order chi connectivity index (χ0) is 19.4. The summed E-state index contributed by atoms with van der Waals surface area (Å²) in [5.41, 5.74) is 5.95. The summed E-state index contributed by atoms with van der Waals surface area (Å²) in [6.45, 7) is 4.24. The van der Waals surface area contributed by atoms with Crippen LogP contribution in [0.15, 0.2) is 39.9 Å². The summed E-state index contributed by atoms with van der Waals surface area (Å²) in [4.78, 5) is 39.6. The third kappa shape index (κ3) is 4.03. The molecule has 0 atom stereocenters. The Bertz CT molecular complexity index is 925. The molecule has 1 aliphatic rings. The summed E-state index contributed by atoms with van der Waals surface area (Å²) < 4.78 is 2.43. The van der Waals surface area contributed by atoms with Crippen molar-refractivity contribution in [3.63, 3.8) is 0 Å². The number of likely N-dealkylation sites (tertiary alicyclic amines) is 1. The monoisotopic (exact) mass is 371 g/mol. The first-order valence-corrected chi connectivity index (χ1v) is 9.56. The minimum absolute atomic E-state index is 0.0278. The number of piperidine rings is 1. The molecule has 7 heteroatoms. The molecule has 0 aliphatic carbocycles. The van der Waals surface area contributed by atoms with E-state index in [-0.39, 0.29) is 36.8 Å². The van der Waals surface area contributed by atoms with E-state index in [0.29, 0.717) is 0 Å². The van der Waals surface area contributed by atoms with Gasteiger partial charge in [-0.1, -0.05) is 30.3 Å². The molecule has 2 aromatic rings. The Labute approximate surface area is 158 Å². The van der Waals surface area contributed by atoms with Crippen molar-refractivity contribution in [1.82, 2.24) is 9.13 Å². The van der Waals surface area contributed by atoms with Crippen molar-refractivity contribution in [2.45, 2.75) is 39.3 Å². The molecule has 7 nitrogen and oxygen atoms in total. The zero-order valence-electron chi connectivity index (χ0n) is 15.7. The maximum Gasteiger partial charge on any atom is 0.332 e. The summed E-state index contributed by atoms with van der Waals surface area (Å²) in [7, 11) is 0. The number of hydrogen-bond donors (Lipinski definition) is 2. The van der Waals surface area contributed by atoms with Gasteiger partial charge in [0.15, 0.2) is 0 Å². The van der Waals surface area contributed by atoms with Crippen LogP contribution in [0.2, 0.25) is 0 Å². The molecule has 1 aromatic carbocycles. The Morgan fingerprint density at radius 3 is 2.37 bits per heavy atom. The SMILES string of the molecule is CCn1c(=O)c(C(=O)C[NH+]2CCCCC2)c(N)n(Cc2ccccc2)c1=O. The highest BCUT2D eigenvalue weighted by molar-refractivity contribution is 6.00. The van der Waals surface area contributed by atoms with E-state index >= 15 is 0 Å². The smallest absolute Gasteiger partial charge is 0.332 e. The molecule has 3 N–H and O–H groups in total. The number of hydrogen-bond acceptors (Lipinski definition) is 4. The van der Waals surface area contributed by atoms with Gasteiger partial charge in [-0.15, -0.1) is 0 Å². The fourth-order valence-corrected chi connectivity index (χ4v) is 3.72. The van der Waals surface area contributed by atoms with Crippen LogP contribution >= 0.6 is 0 Å². The number of carbonyl (C=O) groups excluding carboxylic acids is 1. The van der Waals surface area contributed by atoms with Gasteiger partial charge < -0.3 is 10.6 Å². The van der Waals surface area contributed by atoms with Crippen LogP contribution in [0.3, 0.4) is 0 Å². The number of nitrogen functional groups attached to an aromatic ring is 1. The molecule has 1 aliphatic heterocycles. The van der Waals surface area contributed by atoms with Crippen LogP contribution in [0.4, 0.5) is 5.82 Å². The highest BCUT2D eigenvalue weighted by Gasteiger charge is 2.26. The van der Waals surface area contributed by atoms with Crippen molar-refractivity contribution >= 4 is 11.6 Å². The van der Waals surface area contributed by atoms with E-state index in [0.717, 1.165) is 36.1 Å². The van der Waals surface area contributed by atoms with Gasteiger partial charge in [-0.05, 0) is 31.7 Å². The van der Waals surface area contributed by atoms with Crippen molar-refractivity contribution in [2.24, 2.45) is 0 Å². The number of nitrogens with zero attached hydrogens (tertiary/aromatic N) is 2. The van der Waals surface area contributed by atoms with Crippen LogP contribution in [-0.2, 0) is 13.1 Å². The molecule has 0 spiro atoms. The Kier molecular flexibility index (Phi) is 5.91. The standard InChI is InChI=1S/C20H26N4O3/c1-2-23-19(26)17(16(25)14-22-11-7-4-8-12-22)18(21)24(20(23)27)13-15-9-5-3-6-10-15/h3,5-6,9-10H,2,4,7-8,11-14,21H2,1H3/p+1. The first kappa shape index (κ1) is 19.1. The Hall–Kier alpha value is -2.67. The summed E-state index contributed by atoms with van der Waals surface area (Å²) in [5, 5.41) is 0. The van der Waals surface area contributed by atoms with Crippen molar-refractivity contribution in [3.8, 4) is 0 Å². The molecule has 0 bridgehead atoms. The van der Waals surface area contributed by atoms with Gasteiger partial charge in [0.25, 0.3) is 5.56 Å². The van der Waals surface area contributed by atoms with Gasteiger partial charge in [0.1, 0.15) is 17.9 Å². The predicted molar refractivity (Wildman–Crippen MR) is 104 cm³/mol. The molecular formula is C20H27N4O3+. The van der Waals surface area contributed by atoms with Crippen molar-refractivity contribution in [2.75, 3.05) is 25.4 Å². The second-order valence-corrected chi connectivity index (χ2v) is 7.07. The van der Waals surface area contributed by atoms with Gasteiger partial charge in [-0.2, -0.15) is 0 Å². The van der Waals surface area contributed by atoms with E-state index in [1.165, 1.54) is 15.9 Å². The quantitative estimate of drug-likeness (QED) is 0.695. The van der Waals surface area contributed by atoms with Crippen molar-refractivity contribution in [3.05, 3.63) is 62.3 Å². The van der Waals surface area contributed by atoms with Gasteiger partial charge >= 0.3 is 5.69 Å². The number of quaternary nitrogens is 1. The molecule has 1 saturated heterocycles. The molecular weight excluding hydrogens is 344 g/mol. The molecule has 0 unspecified atom stereocenters. The topological polar surface area (TPSA) is 91.5 Å². The maximum absolute atomic E-state index is 12.9. The molecule has 27 heavy (non-hydrogen) atoms. The first-order valence-electron chi connectivity index (χ1n) is 9.56. The minimum Gasteiger partial charge on any atom is -0.384 e. The third-order valence-electron chi connectivity index (χ3n) is 5.22. The van der Waals surface area contributed by atoms with E-state index in [4.69, 9.17) is 5.73 Å². The summed E-state index contributed by atoms with van der Waals surface area (Å²) in [5.74, 6) is -0.307. The maximum atomic E-state index is 12.9. The normalized spacial score (nSPS) is 15.0. The lowest BCUT2D eigenvalue weighted by Gasteiger charge is -2.23. The highest BCUT2D eigenvalue weighted by atomic mass is 16.2. The summed E-state index contributed by atoms with van der Waals surface area (Å²) >= 11 is 0. The highest BCUT2D eigenvalue weighted by Crippen LogP contribution is 2.09. The molecule has 3 rings (SSSR count). The number of Topliss-reactive ketones (excluding diaryl/α,β-unsaturated/α-hetero) is 1. The Morgan fingerprint density at radius 2 is 1.74 bits per heavy atom. The van der Waals surface area contributed by atoms with Gasteiger partial charge in [0.05, 0.1) is 19.6 Å². The number of carbonyl (C=O) groups is 1. The van der Waals surface area contributed by atoms with E-state index in [2.05, 4.69) is 0 Å². The third-order valence-corrected chi connectivity index (χ3v) is 5.22. The van der Waals surface area contributed by atoms with Crippen LogP contribution < -0.4 is 21.9 Å². The predicted octanol–water partition coefficient (Wildman–Crippen LogP) is -0.0881. The largest absolute Gasteiger partial charge is 0.384 e. The molecule has 2 heterocycles. The van der Waals surface area contributed by atoms with E-state index < -0.39 is 11.2 Å². The summed E-state index contributed by atoms with van der Waals surface area (Å²) in [6.07, 6.45) is 3.36. The first-order chi connectivity index (χ1) is 13.0. The molecule has 144 valence electrons. The number of nitrogens with two attached hydrogens (primary N) is 1. The minimum atomic E-state index is -0.578. The number of ketones is 1. The molecule has 0 amide bonds. The fourth-order valence-electron chi connectivity index (χ4n) is 3.72. The zero-order valence-corrected chi connectivity index (χ0v) is 15.7. The number of benzene rings is 1. The van der Waals surface area contributed by atoms with E-state index in [1.54, 1.807) is 6.92 Å². The average Bonchev–Trinajstić information content (AvgIpc) is 2.67. The van der Waals surface area contributed by atoms with Crippen LogP contribution in [0.1, 0.15) is 42.1 Å². The van der Waals surface area contributed by atoms with Gasteiger partial charge in [0.2, 0.25) is 5.78 Å². The van der Waals surface area contributed by atoms with Crippen LogP contribution in [0.5, 0.6) is 0 Å². The summed E-state index contributed by atoms with van der Waals surface area (Å²) in [6, 6.07) is 9.40. The number of rotatable bonds is 6. The van der Waals surface area contributed by atoms with Crippen LogP contribution in [-0.4, -0.2) is 34.6 Å². The lowest BCUT2D eigenvalue weighted by Crippen LogP contribution is -3.13. The Balaban J connectivity index is 2.02. The van der Waals surface area contributed by atoms with Crippen molar-refractivity contribution in [1.29, 1.82) is 0 Å². The molecule has 0 radical (unpaired) electrons. The molecule has 1 fully saturated rings. The van der Waals surface area contributed by atoms with Crippen LogP contribution in [0, 0.1) is 0 Å². The molecule has 0 saturated carbocycles. The Morgan fingerprint density at radius 1 is 1.07 bits per heavy atom. The fraction of sp³-hybridized carbons (Fsp3) is 0.450. The van der Waals surface area contributed by atoms with Crippen LogP contribution in [0.25, 0.3) is 0 Å². The number of anilines is 1. The second-order valence-electron chi connectivity index (χ2n) is 7.07. The van der Waals surface area contributed by atoms with Gasteiger partial charge in [-0.25, -0.2) is 4.79 Å². The second kappa shape index (κ2) is 8.35. The van der Waals surface area contributed by atoms with Gasteiger partial charge in [0, 0.05) is 6.54 Å². The van der Waals surface area contributed by atoms with E-state index in [9.17, 15) is 14.4 Å². The lowest BCUT2D eigenvalue weighted by atomic mass is 10.1.